The topological polar surface area (TPSA) is 17.1 Å². The lowest BCUT2D eigenvalue weighted by Crippen LogP contribution is -2.19. The van der Waals surface area contributed by atoms with Crippen LogP contribution in [0.4, 0.5) is 4.39 Å². The smallest absolute Gasteiger partial charge is 0.177 e. The molecule has 0 radical (unpaired) electrons. The van der Waals surface area contributed by atoms with E-state index in [1.54, 1.807) is 24.3 Å². The summed E-state index contributed by atoms with van der Waals surface area (Å²) in [6, 6.07) is 15.2. The molecule has 0 aliphatic rings. The second-order valence-electron chi connectivity index (χ2n) is 4.09. The third-order valence-corrected chi connectivity index (χ3v) is 5.47. The van der Waals surface area contributed by atoms with Crippen LogP contribution in [-0.4, -0.2) is 10.6 Å². The predicted molar refractivity (Wildman–Crippen MR) is 81.6 cm³/mol. The molecule has 0 saturated carbocycles. The van der Waals surface area contributed by atoms with E-state index in [-0.39, 0.29) is 16.4 Å². The molecular formula is C15H11Br2FO. The molecule has 2 aromatic carbocycles. The molecule has 0 bridgehead atoms. The number of halogens is 3. The zero-order valence-corrected chi connectivity index (χ0v) is 13.1. The third-order valence-electron chi connectivity index (χ3n) is 2.75. The largest absolute Gasteiger partial charge is 0.293 e. The summed E-state index contributed by atoms with van der Waals surface area (Å²) in [5.74, 6) is -0.296. The van der Waals surface area contributed by atoms with Crippen LogP contribution in [-0.2, 0) is 0 Å². The number of Topliss-reactive ketones (excluding diaryl/α,β-unsaturated/α-hetero) is 1. The first-order chi connectivity index (χ1) is 9.09. The van der Waals surface area contributed by atoms with E-state index in [1.165, 1.54) is 12.1 Å². The van der Waals surface area contributed by atoms with Crippen molar-refractivity contribution in [2.75, 3.05) is 0 Å². The molecule has 4 heteroatoms. The first kappa shape index (κ1) is 14.4. The maximum atomic E-state index is 12.9. The molecule has 0 amide bonds. The van der Waals surface area contributed by atoms with E-state index < -0.39 is 4.83 Å². The maximum Gasteiger partial charge on any atom is 0.177 e. The van der Waals surface area contributed by atoms with Crippen molar-refractivity contribution in [1.82, 2.24) is 0 Å². The second kappa shape index (κ2) is 6.44. The average Bonchev–Trinajstić information content (AvgIpc) is 2.46. The van der Waals surface area contributed by atoms with Gasteiger partial charge in [-0.25, -0.2) is 4.39 Å². The fourth-order valence-electron chi connectivity index (χ4n) is 1.71. The Morgan fingerprint density at radius 2 is 1.53 bits per heavy atom. The van der Waals surface area contributed by atoms with E-state index in [0.717, 1.165) is 5.56 Å². The Bertz CT molecular complexity index is 554. The summed E-state index contributed by atoms with van der Waals surface area (Å²) in [6.45, 7) is 0. The van der Waals surface area contributed by atoms with Crippen molar-refractivity contribution in [3.8, 4) is 0 Å². The van der Waals surface area contributed by atoms with Gasteiger partial charge in [0.05, 0.1) is 9.65 Å². The van der Waals surface area contributed by atoms with Crippen molar-refractivity contribution in [1.29, 1.82) is 0 Å². The Morgan fingerprint density at radius 3 is 2.11 bits per heavy atom. The number of hydrogen-bond donors (Lipinski definition) is 0. The van der Waals surface area contributed by atoms with Gasteiger partial charge in [0.1, 0.15) is 5.82 Å². The van der Waals surface area contributed by atoms with Crippen LogP contribution in [0.15, 0.2) is 54.6 Å². The predicted octanol–water partition coefficient (Wildman–Crippen LogP) is 4.91. The number of hydrogen-bond acceptors (Lipinski definition) is 1. The van der Waals surface area contributed by atoms with Gasteiger partial charge in [0.25, 0.3) is 0 Å². The van der Waals surface area contributed by atoms with Crippen molar-refractivity contribution in [2.45, 2.75) is 9.65 Å². The zero-order valence-electron chi connectivity index (χ0n) is 9.89. The number of rotatable bonds is 4. The highest BCUT2D eigenvalue weighted by atomic mass is 79.9. The molecule has 2 unspecified atom stereocenters. The zero-order chi connectivity index (χ0) is 13.8. The maximum absolute atomic E-state index is 12.9. The third kappa shape index (κ3) is 3.51. The van der Waals surface area contributed by atoms with E-state index >= 15 is 0 Å². The molecule has 0 aromatic heterocycles. The van der Waals surface area contributed by atoms with Crippen LogP contribution < -0.4 is 0 Å². The number of alkyl halides is 2. The molecule has 2 atom stereocenters. The molecule has 0 saturated heterocycles. The summed E-state index contributed by atoms with van der Waals surface area (Å²) in [5, 5.41) is 0. The molecule has 0 spiro atoms. The fraction of sp³-hybridized carbons (Fsp3) is 0.133. The lowest BCUT2D eigenvalue weighted by atomic mass is 10.0. The second-order valence-corrected chi connectivity index (χ2v) is 6.06. The Morgan fingerprint density at radius 1 is 0.947 bits per heavy atom. The molecular weight excluding hydrogens is 375 g/mol. The van der Waals surface area contributed by atoms with E-state index in [1.807, 2.05) is 18.2 Å². The molecule has 0 aliphatic carbocycles. The molecule has 2 aromatic rings. The number of ketones is 1. The molecule has 98 valence electrons. The number of benzene rings is 2. The standard InChI is InChI=1S/C15H11Br2FO/c16-13(10-6-8-12(18)9-7-10)14(17)15(19)11-4-2-1-3-5-11/h1-9,13-14H. The minimum atomic E-state index is -0.402. The average molecular weight is 386 g/mol. The highest BCUT2D eigenvalue weighted by molar-refractivity contribution is 9.12. The minimum absolute atomic E-state index is 0.00759. The molecule has 0 aliphatic heterocycles. The first-order valence-corrected chi connectivity index (χ1v) is 7.55. The minimum Gasteiger partial charge on any atom is -0.293 e. The van der Waals surface area contributed by atoms with Gasteiger partial charge in [-0.1, -0.05) is 74.3 Å². The number of carbonyl (C=O) groups is 1. The summed E-state index contributed by atoms with van der Waals surface area (Å²) in [5.41, 5.74) is 1.50. The lowest BCUT2D eigenvalue weighted by Gasteiger charge is -2.16. The SMILES string of the molecule is O=C(c1ccccc1)C(Br)C(Br)c1ccc(F)cc1. The molecule has 0 fully saturated rings. The first-order valence-electron chi connectivity index (χ1n) is 5.72. The van der Waals surface area contributed by atoms with Crippen molar-refractivity contribution in [3.63, 3.8) is 0 Å². The summed E-state index contributed by atoms with van der Waals surface area (Å²) in [7, 11) is 0. The van der Waals surface area contributed by atoms with Crippen LogP contribution in [0.3, 0.4) is 0 Å². The van der Waals surface area contributed by atoms with Crippen LogP contribution in [0.2, 0.25) is 0 Å². The fourth-order valence-corrected chi connectivity index (χ4v) is 2.82. The van der Waals surface area contributed by atoms with Crippen LogP contribution >= 0.6 is 31.9 Å². The van der Waals surface area contributed by atoms with Crippen LogP contribution in [0, 0.1) is 5.82 Å². The van der Waals surface area contributed by atoms with Gasteiger partial charge in [-0.3, -0.25) is 4.79 Å². The summed E-state index contributed by atoms with van der Waals surface area (Å²) < 4.78 is 12.9. The highest BCUT2D eigenvalue weighted by Crippen LogP contribution is 2.33. The van der Waals surface area contributed by atoms with Crippen molar-refractivity contribution < 1.29 is 9.18 Å². The summed E-state index contributed by atoms with van der Waals surface area (Å²) in [6.07, 6.45) is 0. The van der Waals surface area contributed by atoms with Gasteiger partial charge >= 0.3 is 0 Å². The Labute approximate surface area is 128 Å². The van der Waals surface area contributed by atoms with E-state index in [9.17, 15) is 9.18 Å². The Kier molecular flexibility index (Phi) is 4.88. The van der Waals surface area contributed by atoms with Crippen molar-refractivity contribution in [2.24, 2.45) is 0 Å². The summed E-state index contributed by atoms with van der Waals surface area (Å²) >= 11 is 6.89. The van der Waals surface area contributed by atoms with Crippen LogP contribution in [0.25, 0.3) is 0 Å². The van der Waals surface area contributed by atoms with Crippen LogP contribution in [0.5, 0.6) is 0 Å². The van der Waals surface area contributed by atoms with E-state index in [0.29, 0.717) is 5.56 Å². The lowest BCUT2D eigenvalue weighted by molar-refractivity contribution is 0.0991. The molecule has 0 N–H and O–H groups in total. The molecule has 0 heterocycles. The van der Waals surface area contributed by atoms with Gasteiger partial charge in [-0.05, 0) is 17.7 Å². The van der Waals surface area contributed by atoms with Gasteiger partial charge in [-0.15, -0.1) is 0 Å². The summed E-state index contributed by atoms with van der Waals surface area (Å²) in [4.78, 5) is 11.7. The van der Waals surface area contributed by atoms with Gasteiger partial charge in [0.2, 0.25) is 0 Å². The van der Waals surface area contributed by atoms with E-state index in [2.05, 4.69) is 31.9 Å². The highest BCUT2D eigenvalue weighted by Gasteiger charge is 2.25. The number of carbonyl (C=O) groups excluding carboxylic acids is 1. The normalized spacial score (nSPS) is 13.8. The van der Waals surface area contributed by atoms with Gasteiger partial charge in [0, 0.05) is 5.56 Å². The molecule has 19 heavy (non-hydrogen) atoms. The van der Waals surface area contributed by atoms with Gasteiger partial charge in [-0.2, -0.15) is 0 Å². The Hall–Kier alpha value is -1.00. The quantitative estimate of drug-likeness (QED) is 0.539. The Balaban J connectivity index is 2.17. The van der Waals surface area contributed by atoms with Crippen molar-refractivity contribution in [3.05, 3.63) is 71.5 Å². The molecule has 1 nitrogen and oxygen atoms in total. The van der Waals surface area contributed by atoms with Gasteiger partial charge in [0.15, 0.2) is 5.78 Å². The van der Waals surface area contributed by atoms with Crippen molar-refractivity contribution >= 4 is 37.6 Å². The monoisotopic (exact) mass is 384 g/mol. The van der Waals surface area contributed by atoms with Gasteiger partial charge < -0.3 is 0 Å². The van der Waals surface area contributed by atoms with Crippen LogP contribution in [0.1, 0.15) is 20.7 Å². The molecule has 2 rings (SSSR count). The van der Waals surface area contributed by atoms with E-state index in [4.69, 9.17) is 0 Å².